The van der Waals surface area contributed by atoms with Gasteiger partial charge in [-0.3, -0.25) is 0 Å². The van der Waals surface area contributed by atoms with Crippen LogP contribution in [0.25, 0.3) is 0 Å². The minimum absolute atomic E-state index is 0.253. The maximum absolute atomic E-state index is 12.3. The Morgan fingerprint density at radius 1 is 1.30 bits per heavy atom. The van der Waals surface area contributed by atoms with Crippen LogP contribution < -0.4 is 4.72 Å². The fraction of sp³-hybridized carbons (Fsp3) is 0.385. The third kappa shape index (κ3) is 3.05. The molecule has 2 aromatic rings. The Labute approximate surface area is 118 Å². The van der Waals surface area contributed by atoms with E-state index in [1.54, 1.807) is 30.7 Å². The van der Waals surface area contributed by atoms with Gasteiger partial charge in [-0.05, 0) is 31.0 Å². The van der Waals surface area contributed by atoms with Gasteiger partial charge < -0.3 is 4.57 Å². The van der Waals surface area contributed by atoms with Gasteiger partial charge in [0.15, 0.2) is 0 Å². The molecule has 7 heteroatoms. The summed E-state index contributed by atoms with van der Waals surface area (Å²) in [5, 5.41) is 7.65. The van der Waals surface area contributed by atoms with Gasteiger partial charge >= 0.3 is 0 Å². The van der Waals surface area contributed by atoms with Crippen molar-refractivity contribution < 1.29 is 8.42 Å². The van der Waals surface area contributed by atoms with Gasteiger partial charge in [0.1, 0.15) is 12.2 Å². The summed E-state index contributed by atoms with van der Waals surface area (Å²) in [6, 6.07) is 6.43. The lowest BCUT2D eigenvalue weighted by Gasteiger charge is -2.13. The molecule has 1 atom stereocenters. The molecular weight excluding hydrogens is 276 g/mol. The molecule has 2 rings (SSSR count). The summed E-state index contributed by atoms with van der Waals surface area (Å²) in [6.07, 6.45) is 2.42. The Kier molecular flexibility index (Phi) is 4.20. The normalized spacial score (nSPS) is 13.3. The van der Waals surface area contributed by atoms with Crippen molar-refractivity contribution in [3.63, 3.8) is 0 Å². The molecule has 0 saturated carbocycles. The molecule has 0 spiro atoms. The highest BCUT2D eigenvalue weighted by Crippen LogP contribution is 2.15. The van der Waals surface area contributed by atoms with Crippen LogP contribution in [-0.4, -0.2) is 23.2 Å². The average molecular weight is 294 g/mol. The summed E-state index contributed by atoms with van der Waals surface area (Å²) >= 11 is 0. The molecule has 20 heavy (non-hydrogen) atoms. The van der Waals surface area contributed by atoms with Crippen LogP contribution in [0.2, 0.25) is 0 Å². The second kappa shape index (κ2) is 5.72. The fourth-order valence-corrected chi connectivity index (χ4v) is 3.14. The molecule has 1 aromatic heterocycles. The van der Waals surface area contributed by atoms with Gasteiger partial charge in [-0.25, -0.2) is 13.1 Å². The zero-order valence-electron chi connectivity index (χ0n) is 11.7. The molecule has 1 heterocycles. The van der Waals surface area contributed by atoms with E-state index < -0.39 is 16.1 Å². The molecule has 0 unspecified atom stereocenters. The van der Waals surface area contributed by atoms with Crippen LogP contribution in [0, 0.1) is 0 Å². The second-order valence-corrected chi connectivity index (χ2v) is 6.35. The van der Waals surface area contributed by atoms with Crippen molar-refractivity contribution >= 4 is 10.0 Å². The number of nitrogens with zero attached hydrogens (tertiary/aromatic N) is 3. The first-order chi connectivity index (χ1) is 9.44. The van der Waals surface area contributed by atoms with Crippen molar-refractivity contribution in [1.29, 1.82) is 0 Å². The van der Waals surface area contributed by atoms with Crippen molar-refractivity contribution in [2.45, 2.75) is 31.2 Å². The Hall–Kier alpha value is -1.73. The van der Waals surface area contributed by atoms with Crippen LogP contribution in [-0.2, 0) is 23.5 Å². The number of hydrogen-bond donors (Lipinski definition) is 1. The second-order valence-electron chi connectivity index (χ2n) is 4.64. The van der Waals surface area contributed by atoms with Crippen LogP contribution >= 0.6 is 0 Å². The molecule has 0 aliphatic heterocycles. The lowest BCUT2D eigenvalue weighted by Crippen LogP contribution is -2.28. The number of benzene rings is 1. The van der Waals surface area contributed by atoms with Crippen molar-refractivity contribution in [2.24, 2.45) is 7.05 Å². The molecule has 0 aliphatic rings. The van der Waals surface area contributed by atoms with Gasteiger partial charge in [0.05, 0.1) is 10.9 Å². The summed E-state index contributed by atoms with van der Waals surface area (Å²) in [7, 11) is -1.78. The monoisotopic (exact) mass is 294 g/mol. The van der Waals surface area contributed by atoms with E-state index in [0.29, 0.717) is 5.82 Å². The van der Waals surface area contributed by atoms with Gasteiger partial charge in [0, 0.05) is 7.05 Å². The SMILES string of the molecule is CCc1ccc(S(=O)(=O)N[C@@H](C)c2nncn2C)cc1. The molecule has 1 aromatic carbocycles. The lowest BCUT2D eigenvalue weighted by atomic mass is 10.2. The van der Waals surface area contributed by atoms with E-state index in [1.807, 2.05) is 19.1 Å². The minimum atomic E-state index is -3.56. The van der Waals surface area contributed by atoms with E-state index in [4.69, 9.17) is 0 Å². The first-order valence-corrected chi connectivity index (χ1v) is 7.87. The molecule has 1 N–H and O–H groups in total. The van der Waals surface area contributed by atoms with E-state index in [0.717, 1.165) is 12.0 Å². The number of aryl methyl sites for hydroxylation is 2. The number of rotatable bonds is 5. The zero-order valence-corrected chi connectivity index (χ0v) is 12.6. The van der Waals surface area contributed by atoms with E-state index in [-0.39, 0.29) is 4.90 Å². The summed E-state index contributed by atoms with van der Waals surface area (Å²) in [5.41, 5.74) is 1.10. The molecule has 108 valence electrons. The molecule has 6 nitrogen and oxygen atoms in total. The van der Waals surface area contributed by atoms with Crippen molar-refractivity contribution in [1.82, 2.24) is 19.5 Å². The van der Waals surface area contributed by atoms with Gasteiger partial charge in [-0.2, -0.15) is 0 Å². The van der Waals surface area contributed by atoms with E-state index >= 15 is 0 Å². The highest BCUT2D eigenvalue weighted by atomic mass is 32.2. The Morgan fingerprint density at radius 2 is 1.95 bits per heavy atom. The quantitative estimate of drug-likeness (QED) is 0.904. The van der Waals surface area contributed by atoms with Crippen molar-refractivity contribution in [3.8, 4) is 0 Å². The van der Waals surface area contributed by atoms with Crippen LogP contribution in [0.4, 0.5) is 0 Å². The average Bonchev–Trinajstić information content (AvgIpc) is 2.84. The van der Waals surface area contributed by atoms with E-state index in [9.17, 15) is 8.42 Å². The van der Waals surface area contributed by atoms with E-state index in [2.05, 4.69) is 14.9 Å². The number of nitrogens with one attached hydrogen (secondary N) is 1. The minimum Gasteiger partial charge on any atom is -0.319 e. The number of hydrogen-bond acceptors (Lipinski definition) is 4. The number of sulfonamides is 1. The van der Waals surface area contributed by atoms with Crippen LogP contribution in [0.1, 0.15) is 31.3 Å². The Bertz CT molecular complexity index is 677. The zero-order chi connectivity index (χ0) is 14.8. The third-order valence-corrected chi connectivity index (χ3v) is 4.66. The first kappa shape index (κ1) is 14.7. The molecule has 0 saturated heterocycles. The molecule has 0 aliphatic carbocycles. The van der Waals surface area contributed by atoms with Gasteiger partial charge in [0.2, 0.25) is 10.0 Å². The van der Waals surface area contributed by atoms with Crippen molar-refractivity contribution in [3.05, 3.63) is 42.0 Å². The summed E-state index contributed by atoms with van der Waals surface area (Å²) in [5.74, 6) is 0.568. The topological polar surface area (TPSA) is 76.9 Å². The van der Waals surface area contributed by atoms with Gasteiger partial charge in [0.25, 0.3) is 0 Å². The van der Waals surface area contributed by atoms with Gasteiger partial charge in [-0.1, -0.05) is 19.1 Å². The highest BCUT2D eigenvalue weighted by molar-refractivity contribution is 7.89. The Morgan fingerprint density at radius 3 is 2.45 bits per heavy atom. The molecular formula is C13H18N4O2S. The summed E-state index contributed by atoms with van der Waals surface area (Å²) in [6.45, 7) is 3.76. The summed E-state index contributed by atoms with van der Waals surface area (Å²) in [4.78, 5) is 0.253. The smallest absolute Gasteiger partial charge is 0.241 e. The number of aromatic nitrogens is 3. The predicted octanol–water partition coefficient (Wildman–Crippen LogP) is 1.42. The molecule has 0 amide bonds. The van der Waals surface area contributed by atoms with Gasteiger partial charge in [-0.15, -0.1) is 10.2 Å². The standard InChI is InChI=1S/C13H18N4O2S/c1-4-11-5-7-12(8-6-11)20(18,19)16-10(2)13-15-14-9-17(13)3/h5-10,16H,4H2,1-3H3/t10-/m0/s1. The largest absolute Gasteiger partial charge is 0.319 e. The molecule has 0 radical (unpaired) electrons. The highest BCUT2D eigenvalue weighted by Gasteiger charge is 2.20. The lowest BCUT2D eigenvalue weighted by molar-refractivity contribution is 0.553. The van der Waals surface area contributed by atoms with E-state index in [1.165, 1.54) is 6.33 Å². The maximum atomic E-state index is 12.3. The maximum Gasteiger partial charge on any atom is 0.241 e. The van der Waals surface area contributed by atoms with Crippen LogP contribution in [0.5, 0.6) is 0 Å². The third-order valence-electron chi connectivity index (χ3n) is 3.11. The predicted molar refractivity (Wildman–Crippen MR) is 75.6 cm³/mol. The fourth-order valence-electron chi connectivity index (χ4n) is 1.94. The van der Waals surface area contributed by atoms with Crippen molar-refractivity contribution in [2.75, 3.05) is 0 Å². The molecule has 0 fully saturated rings. The van der Waals surface area contributed by atoms with Crippen LogP contribution in [0.15, 0.2) is 35.5 Å². The first-order valence-electron chi connectivity index (χ1n) is 6.39. The van der Waals surface area contributed by atoms with Crippen LogP contribution in [0.3, 0.4) is 0 Å². The molecule has 0 bridgehead atoms. The summed E-state index contributed by atoms with van der Waals surface area (Å²) < 4.78 is 28.9. The Balaban J connectivity index is 2.20.